The zero-order chi connectivity index (χ0) is 11.9. The molecule has 0 N–H and O–H groups in total. The fourth-order valence-electron chi connectivity index (χ4n) is 2.15. The highest BCUT2D eigenvalue weighted by Gasteiger charge is 2.36. The smallest absolute Gasteiger partial charge is 0.206 e. The predicted molar refractivity (Wildman–Crippen MR) is 69.2 cm³/mol. The number of hydrogen-bond donors (Lipinski definition) is 0. The number of sulfonamides is 1. The van der Waals surface area contributed by atoms with E-state index in [9.17, 15) is 8.42 Å². The molecule has 6 heteroatoms. The topological polar surface area (TPSA) is 37.4 Å². The molecule has 0 spiro atoms. The van der Waals surface area contributed by atoms with E-state index in [1.165, 1.54) is 11.3 Å². The third-order valence-corrected chi connectivity index (χ3v) is 6.91. The van der Waals surface area contributed by atoms with Crippen LogP contribution in [-0.2, 0) is 10.0 Å². The molecule has 0 saturated carbocycles. The molecule has 90 valence electrons. The van der Waals surface area contributed by atoms with Crippen LogP contribution in [0, 0.1) is 5.92 Å². The fraction of sp³-hybridized carbons (Fsp3) is 0.600. The molecule has 0 bridgehead atoms. The standard InChI is InChI=1S/C10H14BrNO2S2/c1-7-5-8(2)12(6-7)16(13,14)10-4-3-9(11)15-10/h3-4,7-8H,5-6H2,1-2H3. The van der Waals surface area contributed by atoms with Crippen molar-refractivity contribution in [2.45, 2.75) is 30.5 Å². The first-order valence-corrected chi connectivity index (χ1v) is 8.23. The number of hydrogen-bond acceptors (Lipinski definition) is 3. The maximum atomic E-state index is 12.3. The zero-order valence-corrected chi connectivity index (χ0v) is 12.4. The average molecular weight is 324 g/mol. The van der Waals surface area contributed by atoms with Gasteiger partial charge >= 0.3 is 0 Å². The Bertz CT molecular complexity index is 483. The summed E-state index contributed by atoms with van der Waals surface area (Å²) < 4.78 is 27.5. The highest BCUT2D eigenvalue weighted by atomic mass is 79.9. The van der Waals surface area contributed by atoms with Crippen molar-refractivity contribution in [1.29, 1.82) is 0 Å². The second kappa shape index (κ2) is 4.40. The number of halogens is 1. The van der Waals surface area contributed by atoms with Crippen LogP contribution in [-0.4, -0.2) is 25.3 Å². The van der Waals surface area contributed by atoms with Gasteiger partial charge in [0.05, 0.1) is 3.79 Å². The van der Waals surface area contributed by atoms with Gasteiger partial charge in [-0.15, -0.1) is 11.3 Å². The van der Waals surface area contributed by atoms with E-state index in [1.807, 2.05) is 6.92 Å². The zero-order valence-electron chi connectivity index (χ0n) is 9.18. The molecule has 2 heterocycles. The lowest BCUT2D eigenvalue weighted by Crippen LogP contribution is -2.33. The van der Waals surface area contributed by atoms with Gasteiger partial charge in [0.2, 0.25) is 0 Å². The van der Waals surface area contributed by atoms with Crippen LogP contribution in [0.3, 0.4) is 0 Å². The maximum absolute atomic E-state index is 12.3. The summed E-state index contributed by atoms with van der Waals surface area (Å²) in [5.74, 6) is 0.452. The summed E-state index contributed by atoms with van der Waals surface area (Å²) in [5.41, 5.74) is 0. The van der Waals surface area contributed by atoms with Crippen LogP contribution in [0.2, 0.25) is 0 Å². The van der Waals surface area contributed by atoms with Crippen molar-refractivity contribution in [3.8, 4) is 0 Å². The molecule has 1 aliphatic rings. The van der Waals surface area contributed by atoms with Gasteiger partial charge in [-0.2, -0.15) is 4.31 Å². The maximum Gasteiger partial charge on any atom is 0.252 e. The third-order valence-electron chi connectivity index (χ3n) is 2.84. The highest BCUT2D eigenvalue weighted by molar-refractivity contribution is 9.11. The molecule has 1 aromatic heterocycles. The molecular formula is C10H14BrNO2S2. The molecule has 1 fully saturated rings. The lowest BCUT2D eigenvalue weighted by molar-refractivity contribution is 0.407. The average Bonchev–Trinajstić information content (AvgIpc) is 2.73. The Morgan fingerprint density at radius 3 is 2.56 bits per heavy atom. The highest BCUT2D eigenvalue weighted by Crippen LogP contribution is 2.33. The minimum Gasteiger partial charge on any atom is -0.206 e. The van der Waals surface area contributed by atoms with Gasteiger partial charge < -0.3 is 0 Å². The molecule has 0 radical (unpaired) electrons. The summed E-state index contributed by atoms with van der Waals surface area (Å²) in [6.45, 7) is 4.71. The molecule has 1 aliphatic heterocycles. The molecule has 1 aromatic rings. The van der Waals surface area contributed by atoms with Gasteiger partial charge in [0, 0.05) is 12.6 Å². The Hall–Kier alpha value is 0.0900. The van der Waals surface area contributed by atoms with E-state index in [0.717, 1.165) is 10.2 Å². The second-order valence-electron chi connectivity index (χ2n) is 4.32. The van der Waals surface area contributed by atoms with Crippen molar-refractivity contribution >= 4 is 37.3 Å². The van der Waals surface area contributed by atoms with Crippen molar-refractivity contribution in [1.82, 2.24) is 4.31 Å². The van der Waals surface area contributed by atoms with Crippen molar-refractivity contribution in [3.63, 3.8) is 0 Å². The lowest BCUT2D eigenvalue weighted by Gasteiger charge is -2.19. The van der Waals surface area contributed by atoms with Gasteiger partial charge in [-0.3, -0.25) is 0 Å². The van der Waals surface area contributed by atoms with Crippen molar-refractivity contribution in [3.05, 3.63) is 15.9 Å². The molecular weight excluding hydrogens is 310 g/mol. The largest absolute Gasteiger partial charge is 0.252 e. The quantitative estimate of drug-likeness (QED) is 0.839. The first-order valence-electron chi connectivity index (χ1n) is 5.18. The first-order chi connectivity index (χ1) is 7.41. The van der Waals surface area contributed by atoms with Crippen LogP contribution in [0.25, 0.3) is 0 Å². The Morgan fingerprint density at radius 1 is 1.44 bits per heavy atom. The van der Waals surface area contributed by atoms with Gasteiger partial charge in [0.15, 0.2) is 0 Å². The third kappa shape index (κ3) is 2.20. The number of rotatable bonds is 2. The Labute approximate surface area is 109 Å². The van der Waals surface area contributed by atoms with E-state index < -0.39 is 10.0 Å². The van der Waals surface area contributed by atoms with Crippen molar-refractivity contribution < 1.29 is 8.42 Å². The Kier molecular flexibility index (Phi) is 3.45. The van der Waals surface area contributed by atoms with E-state index >= 15 is 0 Å². The summed E-state index contributed by atoms with van der Waals surface area (Å²) in [4.78, 5) is 0. The molecule has 2 rings (SSSR count). The first kappa shape index (κ1) is 12.5. The van der Waals surface area contributed by atoms with E-state index in [2.05, 4.69) is 22.9 Å². The van der Waals surface area contributed by atoms with Gasteiger partial charge in [-0.1, -0.05) is 6.92 Å². The Balaban J connectivity index is 2.33. The SMILES string of the molecule is CC1CC(C)N(S(=O)(=O)c2ccc(Br)s2)C1. The summed E-state index contributed by atoms with van der Waals surface area (Å²) in [6.07, 6.45) is 0.950. The Morgan fingerprint density at radius 2 is 2.12 bits per heavy atom. The molecule has 2 unspecified atom stereocenters. The summed E-state index contributed by atoms with van der Waals surface area (Å²) in [7, 11) is -3.28. The summed E-state index contributed by atoms with van der Waals surface area (Å²) >= 11 is 4.57. The van der Waals surface area contributed by atoms with E-state index in [4.69, 9.17) is 0 Å². The molecule has 0 aliphatic carbocycles. The monoisotopic (exact) mass is 323 g/mol. The van der Waals surface area contributed by atoms with Crippen LogP contribution in [0.4, 0.5) is 0 Å². The van der Waals surface area contributed by atoms with Gasteiger partial charge in [0.25, 0.3) is 10.0 Å². The van der Waals surface area contributed by atoms with Crippen molar-refractivity contribution in [2.75, 3.05) is 6.54 Å². The fourth-order valence-corrected chi connectivity index (χ4v) is 6.05. The van der Waals surface area contributed by atoms with E-state index in [0.29, 0.717) is 16.7 Å². The van der Waals surface area contributed by atoms with Gasteiger partial charge in [-0.25, -0.2) is 8.42 Å². The molecule has 0 amide bonds. The molecule has 16 heavy (non-hydrogen) atoms. The normalized spacial score (nSPS) is 27.4. The second-order valence-corrected chi connectivity index (χ2v) is 8.90. The molecule has 2 atom stereocenters. The molecule has 0 aromatic carbocycles. The summed E-state index contributed by atoms with van der Waals surface area (Å²) in [6, 6.07) is 3.56. The minimum atomic E-state index is -3.28. The lowest BCUT2D eigenvalue weighted by atomic mass is 10.1. The molecule has 3 nitrogen and oxygen atoms in total. The van der Waals surface area contributed by atoms with Gasteiger partial charge in [0.1, 0.15) is 4.21 Å². The predicted octanol–water partition coefficient (Wildman–Crippen LogP) is 2.93. The van der Waals surface area contributed by atoms with Crippen LogP contribution in [0.5, 0.6) is 0 Å². The van der Waals surface area contributed by atoms with E-state index in [-0.39, 0.29) is 6.04 Å². The van der Waals surface area contributed by atoms with Gasteiger partial charge in [-0.05, 0) is 47.3 Å². The van der Waals surface area contributed by atoms with E-state index in [1.54, 1.807) is 16.4 Å². The van der Waals surface area contributed by atoms with Crippen molar-refractivity contribution in [2.24, 2.45) is 5.92 Å². The number of nitrogens with zero attached hydrogens (tertiary/aromatic N) is 1. The molecule has 1 saturated heterocycles. The van der Waals surface area contributed by atoms with Crippen LogP contribution >= 0.6 is 27.3 Å². The van der Waals surface area contributed by atoms with Crippen LogP contribution in [0.15, 0.2) is 20.1 Å². The number of thiophene rings is 1. The van der Waals surface area contributed by atoms with Crippen LogP contribution in [0.1, 0.15) is 20.3 Å². The van der Waals surface area contributed by atoms with Crippen LogP contribution < -0.4 is 0 Å². The summed E-state index contributed by atoms with van der Waals surface area (Å²) in [5, 5.41) is 0. The minimum absolute atomic E-state index is 0.112.